The molecule has 1 saturated carbocycles. The minimum absolute atomic E-state index is 0.450. The van der Waals surface area contributed by atoms with Crippen LogP contribution in [-0.4, -0.2) is 17.0 Å². The van der Waals surface area contributed by atoms with Crippen molar-refractivity contribution >= 4 is 17.5 Å². The third kappa shape index (κ3) is 2.68. The molecule has 1 heterocycles. The molecule has 1 aromatic carbocycles. The van der Waals surface area contributed by atoms with E-state index in [1.165, 1.54) is 6.07 Å². The highest BCUT2D eigenvalue weighted by atomic mass is 19.2. The smallest absolute Gasteiger partial charge is 0.224 e. The molecule has 4 nitrogen and oxygen atoms in total. The second kappa shape index (κ2) is 5.03. The second-order valence-corrected chi connectivity index (χ2v) is 4.78. The Kier molecular flexibility index (Phi) is 3.22. The Balaban J connectivity index is 1.88. The first-order valence-electron chi connectivity index (χ1n) is 6.44. The van der Waals surface area contributed by atoms with E-state index < -0.39 is 11.6 Å². The molecule has 6 heteroatoms. The lowest BCUT2D eigenvalue weighted by Gasteiger charge is -2.09. The zero-order chi connectivity index (χ0) is 14.1. The summed E-state index contributed by atoms with van der Waals surface area (Å²) in [6.07, 6.45) is 2.26. The summed E-state index contributed by atoms with van der Waals surface area (Å²) in [5, 5.41) is 5.87. The maximum absolute atomic E-state index is 13.2. The van der Waals surface area contributed by atoms with E-state index in [-0.39, 0.29) is 0 Å². The highest BCUT2D eigenvalue weighted by Crippen LogP contribution is 2.40. The van der Waals surface area contributed by atoms with Crippen molar-refractivity contribution in [1.82, 2.24) is 9.97 Å². The van der Waals surface area contributed by atoms with Crippen LogP contribution in [0.4, 0.5) is 26.2 Å². The van der Waals surface area contributed by atoms with Gasteiger partial charge in [-0.25, -0.2) is 13.8 Å². The zero-order valence-corrected chi connectivity index (χ0v) is 11.0. The van der Waals surface area contributed by atoms with Gasteiger partial charge in [0, 0.05) is 30.8 Å². The van der Waals surface area contributed by atoms with E-state index >= 15 is 0 Å². The quantitative estimate of drug-likeness (QED) is 0.898. The molecule has 2 aromatic rings. The zero-order valence-electron chi connectivity index (χ0n) is 11.0. The van der Waals surface area contributed by atoms with Gasteiger partial charge in [-0.2, -0.15) is 4.98 Å². The first kappa shape index (κ1) is 12.8. The summed E-state index contributed by atoms with van der Waals surface area (Å²) in [5.41, 5.74) is 1.42. The molecule has 2 N–H and O–H groups in total. The predicted octanol–water partition coefficient (Wildman–Crippen LogP) is 3.42. The van der Waals surface area contributed by atoms with E-state index in [1.54, 1.807) is 7.05 Å². The first-order chi connectivity index (χ1) is 9.65. The van der Waals surface area contributed by atoms with Crippen molar-refractivity contribution in [1.29, 1.82) is 0 Å². The molecule has 0 bridgehead atoms. The van der Waals surface area contributed by atoms with Crippen LogP contribution in [0.2, 0.25) is 0 Å². The van der Waals surface area contributed by atoms with Gasteiger partial charge >= 0.3 is 0 Å². The van der Waals surface area contributed by atoms with E-state index in [9.17, 15) is 8.78 Å². The number of hydrogen-bond donors (Lipinski definition) is 2. The third-order valence-electron chi connectivity index (χ3n) is 3.16. The van der Waals surface area contributed by atoms with E-state index in [2.05, 4.69) is 20.6 Å². The fourth-order valence-corrected chi connectivity index (χ4v) is 1.95. The van der Waals surface area contributed by atoms with Crippen LogP contribution in [0.5, 0.6) is 0 Å². The summed E-state index contributed by atoms with van der Waals surface area (Å²) < 4.78 is 26.1. The molecule has 0 amide bonds. The van der Waals surface area contributed by atoms with Gasteiger partial charge in [0.2, 0.25) is 5.95 Å². The number of anilines is 3. The molecule has 1 aliphatic rings. The molecule has 20 heavy (non-hydrogen) atoms. The number of nitrogens with zero attached hydrogens (tertiary/aromatic N) is 2. The Bertz CT molecular complexity index is 641. The summed E-state index contributed by atoms with van der Waals surface area (Å²) in [4.78, 5) is 8.65. The van der Waals surface area contributed by atoms with Gasteiger partial charge in [0.25, 0.3) is 0 Å². The van der Waals surface area contributed by atoms with Crippen LogP contribution < -0.4 is 10.6 Å². The van der Waals surface area contributed by atoms with Crippen LogP contribution in [0.1, 0.15) is 24.5 Å². The summed E-state index contributed by atoms with van der Waals surface area (Å²) >= 11 is 0. The monoisotopic (exact) mass is 276 g/mol. The number of rotatable bonds is 4. The predicted molar refractivity (Wildman–Crippen MR) is 73.2 cm³/mol. The van der Waals surface area contributed by atoms with Gasteiger partial charge in [0.1, 0.15) is 5.82 Å². The number of benzene rings is 1. The van der Waals surface area contributed by atoms with Crippen molar-refractivity contribution in [2.45, 2.75) is 18.8 Å². The van der Waals surface area contributed by atoms with E-state index in [0.717, 1.165) is 30.7 Å². The highest BCUT2D eigenvalue weighted by molar-refractivity contribution is 5.58. The van der Waals surface area contributed by atoms with Gasteiger partial charge in [-0.05, 0) is 25.0 Å². The molecule has 0 spiro atoms. The minimum atomic E-state index is -0.889. The van der Waals surface area contributed by atoms with E-state index in [1.807, 2.05) is 6.07 Å². The Morgan fingerprint density at radius 1 is 1.10 bits per heavy atom. The fourth-order valence-electron chi connectivity index (χ4n) is 1.95. The molecule has 104 valence electrons. The summed E-state index contributed by atoms with van der Waals surface area (Å²) in [7, 11) is 1.74. The lowest BCUT2D eigenvalue weighted by molar-refractivity contribution is 0.509. The SMILES string of the molecule is CNc1nc(Nc2ccc(F)c(F)c2)cc(C2CC2)n1. The molecule has 3 rings (SSSR count). The Morgan fingerprint density at radius 3 is 2.55 bits per heavy atom. The number of nitrogens with one attached hydrogen (secondary N) is 2. The van der Waals surface area contributed by atoms with E-state index in [0.29, 0.717) is 23.4 Å². The van der Waals surface area contributed by atoms with Crippen LogP contribution in [0, 0.1) is 11.6 Å². The van der Waals surface area contributed by atoms with Crippen molar-refractivity contribution in [2.75, 3.05) is 17.7 Å². The molecular formula is C14H14F2N4. The van der Waals surface area contributed by atoms with Gasteiger partial charge in [-0.15, -0.1) is 0 Å². The van der Waals surface area contributed by atoms with Crippen LogP contribution in [0.25, 0.3) is 0 Å². The van der Waals surface area contributed by atoms with Gasteiger partial charge in [0.15, 0.2) is 11.6 Å². The number of aromatic nitrogens is 2. The first-order valence-corrected chi connectivity index (χ1v) is 6.44. The second-order valence-electron chi connectivity index (χ2n) is 4.78. The number of halogens is 2. The Labute approximate surface area is 115 Å². The molecule has 1 aromatic heterocycles. The van der Waals surface area contributed by atoms with Crippen LogP contribution >= 0.6 is 0 Å². The van der Waals surface area contributed by atoms with Crippen molar-refractivity contribution in [3.05, 3.63) is 41.6 Å². The maximum atomic E-state index is 13.2. The number of hydrogen-bond acceptors (Lipinski definition) is 4. The molecule has 1 aliphatic carbocycles. The fraction of sp³-hybridized carbons (Fsp3) is 0.286. The standard InChI is InChI=1S/C14H14F2N4/c1-17-14-19-12(8-2-3-8)7-13(20-14)18-9-4-5-10(15)11(16)6-9/h4-8H,2-3H2,1H3,(H2,17,18,19,20). The highest BCUT2D eigenvalue weighted by Gasteiger charge is 2.26. The molecule has 0 saturated heterocycles. The van der Waals surface area contributed by atoms with Gasteiger partial charge in [-0.1, -0.05) is 0 Å². The lowest BCUT2D eigenvalue weighted by atomic mass is 10.2. The molecular weight excluding hydrogens is 262 g/mol. The normalized spacial score (nSPS) is 14.2. The Morgan fingerprint density at radius 2 is 1.90 bits per heavy atom. The minimum Gasteiger partial charge on any atom is -0.357 e. The summed E-state index contributed by atoms with van der Waals surface area (Å²) in [6.45, 7) is 0. The van der Waals surface area contributed by atoms with Crippen molar-refractivity contribution in [3.8, 4) is 0 Å². The topological polar surface area (TPSA) is 49.8 Å². The molecule has 0 atom stereocenters. The van der Waals surface area contributed by atoms with Gasteiger partial charge in [0.05, 0.1) is 5.69 Å². The van der Waals surface area contributed by atoms with Crippen molar-refractivity contribution in [2.24, 2.45) is 0 Å². The maximum Gasteiger partial charge on any atom is 0.224 e. The van der Waals surface area contributed by atoms with Crippen LogP contribution in [-0.2, 0) is 0 Å². The van der Waals surface area contributed by atoms with Crippen molar-refractivity contribution in [3.63, 3.8) is 0 Å². The summed E-state index contributed by atoms with van der Waals surface area (Å²) in [6, 6.07) is 5.50. The lowest BCUT2D eigenvalue weighted by Crippen LogP contribution is -2.03. The molecule has 0 radical (unpaired) electrons. The Hall–Kier alpha value is -2.24. The third-order valence-corrected chi connectivity index (χ3v) is 3.16. The molecule has 1 fully saturated rings. The summed E-state index contributed by atoms with van der Waals surface area (Å²) in [5.74, 6) is -0.194. The average Bonchev–Trinajstić information content (AvgIpc) is 3.27. The average molecular weight is 276 g/mol. The van der Waals surface area contributed by atoms with Crippen LogP contribution in [0.15, 0.2) is 24.3 Å². The largest absolute Gasteiger partial charge is 0.357 e. The van der Waals surface area contributed by atoms with Gasteiger partial charge < -0.3 is 10.6 Å². The van der Waals surface area contributed by atoms with Crippen LogP contribution in [0.3, 0.4) is 0 Å². The van der Waals surface area contributed by atoms with E-state index in [4.69, 9.17) is 0 Å². The molecule has 0 aliphatic heterocycles. The van der Waals surface area contributed by atoms with Crippen molar-refractivity contribution < 1.29 is 8.78 Å². The van der Waals surface area contributed by atoms with Gasteiger partial charge in [-0.3, -0.25) is 0 Å². The molecule has 0 unspecified atom stereocenters.